The number of hydrogen-bond acceptors (Lipinski definition) is 2. The van der Waals surface area contributed by atoms with E-state index in [0.717, 1.165) is 22.4 Å². The fraction of sp³-hybridized carbons (Fsp3) is 0.333. The highest BCUT2D eigenvalue weighted by Gasteiger charge is 2.32. The van der Waals surface area contributed by atoms with Gasteiger partial charge in [0.1, 0.15) is 11.9 Å². The van der Waals surface area contributed by atoms with E-state index in [-0.39, 0.29) is 5.41 Å². The van der Waals surface area contributed by atoms with Gasteiger partial charge >= 0.3 is 0 Å². The minimum atomic E-state index is -0.586. The van der Waals surface area contributed by atoms with Gasteiger partial charge in [-0.1, -0.05) is 49.7 Å². The van der Waals surface area contributed by atoms with E-state index >= 15 is 0 Å². The molecule has 2 nitrogen and oxygen atoms in total. The molecule has 0 amide bonds. The van der Waals surface area contributed by atoms with Crippen LogP contribution in [0.1, 0.15) is 42.2 Å². The average Bonchev–Trinajstić information content (AvgIpc) is 2.73. The normalized spacial score (nSPS) is 17.4. The molecule has 0 aromatic heterocycles. The van der Waals surface area contributed by atoms with Crippen LogP contribution in [0, 0.1) is 6.92 Å². The van der Waals surface area contributed by atoms with Crippen molar-refractivity contribution in [2.45, 2.75) is 32.3 Å². The third-order valence-corrected chi connectivity index (χ3v) is 3.99. The fourth-order valence-corrected chi connectivity index (χ4v) is 2.74. The number of benzene rings is 2. The standard InChI is InChI=1S/C18H20O2/c1-12-5-4-6-13(9-12)17(19)14-7-8-16-15(10-14)18(2,3)11-20-16/h4-10,17,19H,11H2,1-3H3. The maximum atomic E-state index is 10.6. The Hall–Kier alpha value is -1.80. The molecule has 0 spiro atoms. The smallest absolute Gasteiger partial charge is 0.123 e. The maximum Gasteiger partial charge on any atom is 0.123 e. The van der Waals surface area contributed by atoms with Gasteiger partial charge in [-0.2, -0.15) is 0 Å². The molecule has 20 heavy (non-hydrogen) atoms. The van der Waals surface area contributed by atoms with Crippen LogP contribution in [0.3, 0.4) is 0 Å². The molecule has 0 aliphatic carbocycles. The van der Waals surface area contributed by atoms with Crippen LogP contribution in [0.2, 0.25) is 0 Å². The topological polar surface area (TPSA) is 29.5 Å². The molecule has 104 valence electrons. The quantitative estimate of drug-likeness (QED) is 0.899. The van der Waals surface area contributed by atoms with Crippen LogP contribution < -0.4 is 4.74 Å². The zero-order chi connectivity index (χ0) is 14.3. The largest absolute Gasteiger partial charge is 0.492 e. The Labute approximate surface area is 120 Å². The summed E-state index contributed by atoms with van der Waals surface area (Å²) in [5.41, 5.74) is 4.21. The summed E-state index contributed by atoms with van der Waals surface area (Å²) in [7, 11) is 0. The third-order valence-electron chi connectivity index (χ3n) is 3.99. The van der Waals surface area contributed by atoms with E-state index in [1.165, 1.54) is 5.56 Å². The summed E-state index contributed by atoms with van der Waals surface area (Å²) < 4.78 is 5.69. The Morgan fingerprint density at radius 2 is 1.85 bits per heavy atom. The first kappa shape index (κ1) is 13.2. The molecule has 0 radical (unpaired) electrons. The lowest BCUT2D eigenvalue weighted by molar-refractivity contribution is 0.220. The van der Waals surface area contributed by atoms with Crippen LogP contribution in [0.4, 0.5) is 0 Å². The molecular weight excluding hydrogens is 248 g/mol. The highest BCUT2D eigenvalue weighted by Crippen LogP contribution is 2.40. The summed E-state index contributed by atoms with van der Waals surface area (Å²) in [5.74, 6) is 0.940. The van der Waals surface area contributed by atoms with E-state index in [9.17, 15) is 5.11 Å². The number of aliphatic hydroxyl groups excluding tert-OH is 1. The number of ether oxygens (including phenoxy) is 1. The van der Waals surface area contributed by atoms with Crippen LogP contribution in [-0.4, -0.2) is 11.7 Å². The van der Waals surface area contributed by atoms with Crippen LogP contribution in [0.5, 0.6) is 5.75 Å². The maximum absolute atomic E-state index is 10.6. The predicted octanol–water partition coefficient (Wildman–Crippen LogP) is 3.75. The van der Waals surface area contributed by atoms with Crippen molar-refractivity contribution >= 4 is 0 Å². The highest BCUT2D eigenvalue weighted by atomic mass is 16.5. The molecule has 2 heteroatoms. The van der Waals surface area contributed by atoms with E-state index < -0.39 is 6.10 Å². The minimum Gasteiger partial charge on any atom is -0.492 e. The van der Waals surface area contributed by atoms with Gasteiger partial charge in [-0.25, -0.2) is 0 Å². The highest BCUT2D eigenvalue weighted by molar-refractivity contribution is 5.47. The molecule has 1 unspecified atom stereocenters. The van der Waals surface area contributed by atoms with Crippen molar-refractivity contribution in [3.63, 3.8) is 0 Å². The Morgan fingerprint density at radius 3 is 2.60 bits per heavy atom. The second-order valence-electron chi connectivity index (χ2n) is 6.24. The van der Waals surface area contributed by atoms with Gasteiger partial charge in [0.05, 0.1) is 6.61 Å². The molecule has 1 atom stereocenters. The van der Waals surface area contributed by atoms with E-state index in [4.69, 9.17) is 4.74 Å². The molecule has 3 rings (SSSR count). The average molecular weight is 268 g/mol. The lowest BCUT2D eigenvalue weighted by Crippen LogP contribution is -2.18. The van der Waals surface area contributed by atoms with Crippen molar-refractivity contribution in [2.75, 3.05) is 6.61 Å². The minimum absolute atomic E-state index is 0.0116. The molecular formula is C18H20O2. The number of fused-ring (bicyclic) bond motifs is 1. The van der Waals surface area contributed by atoms with E-state index in [0.29, 0.717) is 6.61 Å². The summed E-state index contributed by atoms with van der Waals surface area (Å²) in [4.78, 5) is 0. The van der Waals surface area contributed by atoms with Gasteiger partial charge in [-0.3, -0.25) is 0 Å². The van der Waals surface area contributed by atoms with Gasteiger partial charge in [0.25, 0.3) is 0 Å². The van der Waals surface area contributed by atoms with E-state index in [1.54, 1.807) is 0 Å². The molecule has 1 heterocycles. The Bertz CT molecular complexity index is 644. The lowest BCUT2D eigenvalue weighted by atomic mass is 9.85. The van der Waals surface area contributed by atoms with E-state index in [2.05, 4.69) is 19.9 Å². The van der Waals surface area contributed by atoms with Crippen molar-refractivity contribution in [2.24, 2.45) is 0 Å². The Balaban J connectivity index is 1.99. The van der Waals surface area contributed by atoms with Gasteiger partial charge in [-0.15, -0.1) is 0 Å². The molecule has 0 saturated heterocycles. The molecule has 2 aromatic carbocycles. The number of hydrogen-bond donors (Lipinski definition) is 1. The molecule has 1 aliphatic rings. The van der Waals surface area contributed by atoms with Gasteiger partial charge in [0.15, 0.2) is 0 Å². The SMILES string of the molecule is Cc1cccc(C(O)c2ccc3c(c2)C(C)(C)CO3)c1. The lowest BCUT2D eigenvalue weighted by Gasteiger charge is -2.18. The Kier molecular flexibility index (Phi) is 3.06. The summed E-state index contributed by atoms with van der Waals surface area (Å²) in [6, 6.07) is 14.0. The molecule has 2 aromatic rings. The van der Waals surface area contributed by atoms with Crippen molar-refractivity contribution in [1.29, 1.82) is 0 Å². The third kappa shape index (κ3) is 2.20. The molecule has 0 saturated carbocycles. The Morgan fingerprint density at radius 1 is 1.10 bits per heavy atom. The number of aliphatic hydroxyl groups is 1. The second kappa shape index (κ2) is 4.64. The van der Waals surface area contributed by atoms with Gasteiger partial charge in [0, 0.05) is 11.0 Å². The van der Waals surface area contributed by atoms with Crippen molar-refractivity contribution < 1.29 is 9.84 Å². The first-order valence-electron chi connectivity index (χ1n) is 6.99. The van der Waals surface area contributed by atoms with Crippen LogP contribution in [-0.2, 0) is 5.41 Å². The molecule has 1 aliphatic heterocycles. The van der Waals surface area contributed by atoms with Crippen molar-refractivity contribution in [1.82, 2.24) is 0 Å². The van der Waals surface area contributed by atoms with E-state index in [1.807, 2.05) is 43.3 Å². The van der Waals surface area contributed by atoms with Crippen LogP contribution in [0.25, 0.3) is 0 Å². The summed E-state index contributed by atoms with van der Waals surface area (Å²) in [6.45, 7) is 7.07. The molecule has 0 bridgehead atoms. The first-order valence-corrected chi connectivity index (χ1v) is 6.99. The summed E-state index contributed by atoms with van der Waals surface area (Å²) >= 11 is 0. The predicted molar refractivity (Wildman–Crippen MR) is 80.2 cm³/mol. The number of rotatable bonds is 2. The summed E-state index contributed by atoms with van der Waals surface area (Å²) in [6.07, 6.45) is -0.586. The monoisotopic (exact) mass is 268 g/mol. The molecule has 1 N–H and O–H groups in total. The fourth-order valence-electron chi connectivity index (χ4n) is 2.74. The van der Waals surface area contributed by atoms with Crippen LogP contribution >= 0.6 is 0 Å². The van der Waals surface area contributed by atoms with Crippen molar-refractivity contribution in [3.05, 3.63) is 64.7 Å². The second-order valence-corrected chi connectivity index (χ2v) is 6.24. The zero-order valence-electron chi connectivity index (χ0n) is 12.2. The van der Waals surface area contributed by atoms with Gasteiger partial charge in [-0.05, 0) is 30.2 Å². The van der Waals surface area contributed by atoms with Crippen molar-refractivity contribution in [3.8, 4) is 5.75 Å². The summed E-state index contributed by atoms with van der Waals surface area (Å²) in [5, 5.41) is 10.6. The van der Waals surface area contributed by atoms with Gasteiger partial charge < -0.3 is 9.84 Å². The number of aryl methyl sites for hydroxylation is 1. The zero-order valence-corrected chi connectivity index (χ0v) is 12.2. The van der Waals surface area contributed by atoms with Crippen LogP contribution in [0.15, 0.2) is 42.5 Å². The first-order chi connectivity index (χ1) is 9.47. The molecule has 0 fully saturated rings. The van der Waals surface area contributed by atoms with Gasteiger partial charge in [0.2, 0.25) is 0 Å².